The third kappa shape index (κ3) is 4.62. The van der Waals surface area contributed by atoms with Crippen molar-refractivity contribution in [2.75, 3.05) is 6.54 Å². The van der Waals surface area contributed by atoms with Gasteiger partial charge in [0.25, 0.3) is 0 Å². The van der Waals surface area contributed by atoms with E-state index in [1.54, 1.807) is 0 Å². The van der Waals surface area contributed by atoms with Crippen molar-refractivity contribution in [3.05, 3.63) is 47.2 Å². The van der Waals surface area contributed by atoms with Crippen LogP contribution in [0.1, 0.15) is 19.6 Å². The summed E-state index contributed by atoms with van der Waals surface area (Å²) >= 11 is 6.13. The van der Waals surface area contributed by atoms with Crippen LogP contribution in [0.4, 0.5) is 0 Å². The first-order chi connectivity index (χ1) is 10.1. The van der Waals surface area contributed by atoms with Gasteiger partial charge in [-0.1, -0.05) is 23.7 Å². The van der Waals surface area contributed by atoms with E-state index in [1.165, 1.54) is 0 Å². The summed E-state index contributed by atoms with van der Waals surface area (Å²) < 4.78 is 5.73. The molecule has 2 rings (SSSR count). The lowest BCUT2D eigenvalue weighted by Crippen LogP contribution is -2.37. The molecular formula is C16H19ClN2O2. The highest BCUT2D eigenvalue weighted by molar-refractivity contribution is 6.33. The van der Waals surface area contributed by atoms with Crippen LogP contribution in [-0.2, 0) is 11.3 Å². The minimum atomic E-state index is -0.0251. The van der Waals surface area contributed by atoms with Crippen LogP contribution >= 0.6 is 11.6 Å². The maximum Gasteiger partial charge on any atom is 0.234 e. The number of carbonyl (C=O) groups is 1. The number of rotatable bonds is 6. The fourth-order valence-corrected chi connectivity index (χ4v) is 2.18. The highest BCUT2D eigenvalue weighted by atomic mass is 35.5. The van der Waals surface area contributed by atoms with Crippen molar-refractivity contribution in [2.24, 2.45) is 0 Å². The van der Waals surface area contributed by atoms with Crippen LogP contribution in [-0.4, -0.2) is 18.5 Å². The van der Waals surface area contributed by atoms with Gasteiger partial charge in [0.2, 0.25) is 5.91 Å². The Labute approximate surface area is 129 Å². The Morgan fingerprint density at radius 2 is 2.00 bits per heavy atom. The number of nitrogens with one attached hydrogen (secondary N) is 2. The molecule has 1 aromatic carbocycles. The summed E-state index contributed by atoms with van der Waals surface area (Å²) in [4.78, 5) is 11.5. The van der Waals surface area contributed by atoms with E-state index < -0.39 is 0 Å². The first kappa shape index (κ1) is 15.6. The average Bonchev–Trinajstić information content (AvgIpc) is 2.87. The van der Waals surface area contributed by atoms with E-state index >= 15 is 0 Å². The zero-order valence-electron chi connectivity index (χ0n) is 12.2. The number of halogens is 1. The summed E-state index contributed by atoms with van der Waals surface area (Å²) in [5, 5.41) is 6.52. The molecule has 0 bridgehead atoms. The molecule has 0 aliphatic heterocycles. The lowest BCUT2D eigenvalue weighted by molar-refractivity contribution is -0.120. The summed E-state index contributed by atoms with van der Waals surface area (Å²) in [5.74, 6) is 1.47. The molecule has 2 aromatic rings. The van der Waals surface area contributed by atoms with Crippen molar-refractivity contribution in [2.45, 2.75) is 26.4 Å². The van der Waals surface area contributed by atoms with Crippen molar-refractivity contribution in [3.8, 4) is 11.3 Å². The van der Waals surface area contributed by atoms with Crippen molar-refractivity contribution in [1.29, 1.82) is 0 Å². The Morgan fingerprint density at radius 1 is 1.24 bits per heavy atom. The Bertz CT molecular complexity index is 608. The summed E-state index contributed by atoms with van der Waals surface area (Å²) in [7, 11) is 0. The molecule has 21 heavy (non-hydrogen) atoms. The van der Waals surface area contributed by atoms with E-state index in [4.69, 9.17) is 16.0 Å². The van der Waals surface area contributed by atoms with Crippen molar-refractivity contribution >= 4 is 17.5 Å². The van der Waals surface area contributed by atoms with Gasteiger partial charge in [0.05, 0.1) is 18.1 Å². The van der Waals surface area contributed by atoms with Gasteiger partial charge in [-0.2, -0.15) is 0 Å². The Hall–Kier alpha value is -1.78. The monoisotopic (exact) mass is 306 g/mol. The molecule has 0 fully saturated rings. The smallest absolute Gasteiger partial charge is 0.234 e. The van der Waals surface area contributed by atoms with Crippen LogP contribution in [0.15, 0.2) is 40.8 Å². The fourth-order valence-electron chi connectivity index (χ4n) is 1.95. The molecule has 1 amide bonds. The molecule has 1 heterocycles. The summed E-state index contributed by atoms with van der Waals surface area (Å²) in [6.45, 7) is 4.62. The van der Waals surface area contributed by atoms with Gasteiger partial charge in [-0.15, -0.1) is 0 Å². The molecular weight excluding hydrogens is 288 g/mol. The van der Waals surface area contributed by atoms with Crippen molar-refractivity contribution in [3.63, 3.8) is 0 Å². The number of hydrogen-bond donors (Lipinski definition) is 2. The second-order valence-corrected chi connectivity index (χ2v) is 5.48. The zero-order valence-corrected chi connectivity index (χ0v) is 12.9. The first-order valence-electron chi connectivity index (χ1n) is 6.90. The van der Waals surface area contributed by atoms with Gasteiger partial charge in [-0.25, -0.2) is 0 Å². The summed E-state index contributed by atoms with van der Waals surface area (Å²) in [6.07, 6.45) is 0. The normalized spacial score (nSPS) is 10.9. The van der Waals surface area contributed by atoms with Crippen molar-refractivity contribution < 1.29 is 9.21 Å². The molecule has 112 valence electrons. The lowest BCUT2D eigenvalue weighted by atomic mass is 10.2. The van der Waals surface area contributed by atoms with Crippen LogP contribution in [0.5, 0.6) is 0 Å². The Balaban J connectivity index is 1.89. The molecule has 0 aliphatic rings. The van der Waals surface area contributed by atoms with E-state index in [9.17, 15) is 4.79 Å². The minimum Gasteiger partial charge on any atom is -0.460 e. The predicted octanol–water partition coefficient (Wildman–Crippen LogP) is 3.21. The topological polar surface area (TPSA) is 54.3 Å². The maximum atomic E-state index is 11.5. The van der Waals surface area contributed by atoms with Gasteiger partial charge >= 0.3 is 0 Å². The molecule has 5 heteroatoms. The molecule has 0 saturated carbocycles. The number of carbonyl (C=O) groups excluding carboxylic acids is 1. The number of furan rings is 1. The highest BCUT2D eigenvalue weighted by Gasteiger charge is 2.08. The first-order valence-corrected chi connectivity index (χ1v) is 7.27. The highest BCUT2D eigenvalue weighted by Crippen LogP contribution is 2.28. The van der Waals surface area contributed by atoms with Crippen LogP contribution in [0.25, 0.3) is 11.3 Å². The maximum absolute atomic E-state index is 11.5. The van der Waals surface area contributed by atoms with Crippen LogP contribution < -0.4 is 10.6 Å². The van der Waals surface area contributed by atoms with E-state index in [0.717, 1.165) is 17.1 Å². The molecule has 0 aliphatic carbocycles. The quantitative estimate of drug-likeness (QED) is 0.861. The second-order valence-electron chi connectivity index (χ2n) is 5.07. The Kier molecular flexibility index (Phi) is 5.42. The third-order valence-corrected chi connectivity index (χ3v) is 3.17. The second kappa shape index (κ2) is 7.29. The van der Waals surface area contributed by atoms with E-state index in [-0.39, 0.29) is 18.5 Å². The molecule has 2 N–H and O–H groups in total. The molecule has 0 saturated heterocycles. The van der Waals surface area contributed by atoms with E-state index in [2.05, 4.69) is 10.6 Å². The number of amides is 1. The third-order valence-electron chi connectivity index (χ3n) is 2.84. The Morgan fingerprint density at radius 3 is 2.71 bits per heavy atom. The fraction of sp³-hybridized carbons (Fsp3) is 0.312. The molecule has 0 spiro atoms. The van der Waals surface area contributed by atoms with Gasteiger partial charge in [0, 0.05) is 11.6 Å². The van der Waals surface area contributed by atoms with E-state index in [1.807, 2.05) is 50.2 Å². The van der Waals surface area contributed by atoms with Crippen molar-refractivity contribution in [1.82, 2.24) is 10.6 Å². The predicted molar refractivity (Wildman–Crippen MR) is 84.1 cm³/mol. The standard InChI is InChI=1S/C16H19ClN2O2/c1-11(2)19-16(20)10-18-9-12-7-8-15(21-12)13-5-3-4-6-14(13)17/h3-8,11,18H,9-10H2,1-2H3,(H,19,20). The molecule has 0 radical (unpaired) electrons. The van der Waals surface area contributed by atoms with Gasteiger partial charge in [-0.3, -0.25) is 4.79 Å². The largest absolute Gasteiger partial charge is 0.460 e. The average molecular weight is 307 g/mol. The van der Waals surface area contributed by atoms with Gasteiger partial charge in [-0.05, 0) is 38.1 Å². The minimum absolute atomic E-state index is 0.0251. The van der Waals surface area contributed by atoms with Gasteiger partial charge < -0.3 is 15.1 Å². The summed E-state index contributed by atoms with van der Waals surface area (Å²) in [5.41, 5.74) is 0.864. The number of hydrogen-bond acceptors (Lipinski definition) is 3. The van der Waals surface area contributed by atoms with Crippen LogP contribution in [0, 0.1) is 0 Å². The molecule has 4 nitrogen and oxygen atoms in total. The molecule has 0 atom stereocenters. The molecule has 0 unspecified atom stereocenters. The van der Waals surface area contributed by atoms with Crippen LogP contribution in [0.2, 0.25) is 5.02 Å². The lowest BCUT2D eigenvalue weighted by Gasteiger charge is -2.08. The van der Waals surface area contributed by atoms with Gasteiger partial charge in [0.1, 0.15) is 11.5 Å². The summed E-state index contributed by atoms with van der Waals surface area (Å²) in [6, 6.07) is 11.4. The SMILES string of the molecule is CC(C)NC(=O)CNCc1ccc(-c2ccccc2Cl)o1. The van der Waals surface area contributed by atoms with Crippen LogP contribution in [0.3, 0.4) is 0 Å². The molecule has 1 aromatic heterocycles. The zero-order chi connectivity index (χ0) is 15.2. The van der Waals surface area contributed by atoms with Gasteiger partial charge in [0.15, 0.2) is 0 Å². The van der Waals surface area contributed by atoms with E-state index in [0.29, 0.717) is 11.6 Å². The number of benzene rings is 1.